The van der Waals surface area contributed by atoms with Gasteiger partial charge in [0.05, 0.1) is 0 Å². The van der Waals surface area contributed by atoms with E-state index in [1.54, 1.807) is 0 Å². The zero-order valence-corrected chi connectivity index (χ0v) is 38.1. The van der Waals surface area contributed by atoms with Crippen LogP contribution in [0.1, 0.15) is 173 Å². The summed E-state index contributed by atoms with van der Waals surface area (Å²) in [6.45, 7) is 23.8. The Morgan fingerprint density at radius 2 is 0.793 bits per heavy atom. The maximum Gasteiger partial charge on any atom is 0.201 e. The number of aliphatic hydroxyl groups is 1. The van der Waals surface area contributed by atoms with Crippen LogP contribution in [0.5, 0.6) is 0 Å². The maximum atomic E-state index is 10.9. The smallest absolute Gasteiger partial charge is 0.201 e. The average molecular weight is 830 g/mol. The lowest BCUT2D eigenvalue weighted by Crippen LogP contribution is -2.57. The largest absolute Gasteiger partial charge is 0.363 e. The third kappa shape index (κ3) is 10.6. The van der Waals surface area contributed by atoms with Gasteiger partial charge < -0.3 is 69.7 Å². The van der Waals surface area contributed by atoms with Crippen molar-refractivity contribution in [2.75, 3.05) is 0 Å². The van der Waals surface area contributed by atoms with Crippen LogP contribution in [0.3, 0.4) is 0 Å². The van der Waals surface area contributed by atoms with Crippen molar-refractivity contribution in [1.29, 1.82) is 0 Å². The number of fused-ring (bicyclic) bond motifs is 3. The molecule has 0 bridgehead atoms. The summed E-state index contributed by atoms with van der Waals surface area (Å²) < 4.78 is 64.2. The Morgan fingerprint density at radius 3 is 1.22 bits per heavy atom. The summed E-state index contributed by atoms with van der Waals surface area (Å²) >= 11 is 0. The third-order valence-corrected chi connectivity index (χ3v) is 12.5. The predicted molar refractivity (Wildman–Crippen MR) is 220 cm³/mol. The second-order valence-electron chi connectivity index (χ2n) is 19.5. The molecule has 0 aliphatic carbocycles. The van der Waals surface area contributed by atoms with E-state index in [1.807, 2.05) is 62.3 Å². The fraction of sp³-hybridized carbons (Fsp3) is 1.00. The molecule has 14 nitrogen and oxygen atoms in total. The van der Waals surface area contributed by atoms with Crippen LogP contribution < -0.4 is 17.2 Å². The van der Waals surface area contributed by atoms with Crippen LogP contribution >= 0.6 is 0 Å². The molecule has 6 heterocycles. The molecule has 58 heavy (non-hydrogen) atoms. The highest BCUT2D eigenvalue weighted by Gasteiger charge is 2.71. The van der Waals surface area contributed by atoms with Crippen molar-refractivity contribution >= 4 is 0 Å². The first kappa shape index (κ1) is 48.5. The summed E-state index contributed by atoms with van der Waals surface area (Å²) in [6, 6.07) is -0.738. The number of nitrogens with two attached hydrogens (primary N) is 3. The fourth-order valence-electron chi connectivity index (χ4n) is 9.80. The monoisotopic (exact) mass is 830 g/mol. The van der Waals surface area contributed by atoms with Gasteiger partial charge in [-0.15, -0.1) is 0 Å². The standard InChI is InChI=1S/C28H52N2O7.C16H31NO4/c1-9-11-13-14-16-28(24-22(20(34-28)18(4)30)32-26(7,8)36-24)37-27(15-12-10-2)23-21(19(33-27)17(3)29)31-25(5,6)35-23;1-5-6-7-8-9-10-16(18)14-13(12(20-16)11(2)17)19-15(3,4)21-14/h17-24H,9-16,29-30H2,1-8H3;11-14,18H,5-10,17H2,1-4H3/t17-,18-,19+,20+,21-,22-,23-,24-,27+,28+;11-,12+,13-,14-,16-/m00/s1. The molecule has 0 saturated carbocycles. The molecular formula is C44H83N3O11. The van der Waals surface area contributed by atoms with E-state index in [9.17, 15) is 5.11 Å². The minimum Gasteiger partial charge on any atom is -0.363 e. The molecule has 7 N–H and O–H groups in total. The van der Waals surface area contributed by atoms with E-state index in [0.717, 1.165) is 51.4 Å². The predicted octanol–water partition coefficient (Wildman–Crippen LogP) is 6.39. The van der Waals surface area contributed by atoms with Gasteiger partial charge in [-0.3, -0.25) is 0 Å². The summed E-state index contributed by atoms with van der Waals surface area (Å²) in [5.41, 5.74) is 18.8. The van der Waals surface area contributed by atoms with Gasteiger partial charge in [-0.1, -0.05) is 72.1 Å². The van der Waals surface area contributed by atoms with E-state index in [-0.39, 0.29) is 54.7 Å². The van der Waals surface area contributed by atoms with E-state index in [4.69, 9.17) is 64.6 Å². The van der Waals surface area contributed by atoms with Crippen molar-refractivity contribution in [2.24, 2.45) is 17.2 Å². The Bertz CT molecular complexity index is 1300. The lowest BCUT2D eigenvalue weighted by Gasteiger charge is -2.44. The zero-order valence-electron chi connectivity index (χ0n) is 38.1. The van der Waals surface area contributed by atoms with Crippen molar-refractivity contribution in [3.63, 3.8) is 0 Å². The molecule has 0 aromatic heterocycles. The third-order valence-electron chi connectivity index (χ3n) is 12.5. The second-order valence-corrected chi connectivity index (χ2v) is 19.5. The van der Waals surface area contributed by atoms with Gasteiger partial charge in [0, 0.05) is 37.4 Å². The Balaban J connectivity index is 0.000000258. The first-order chi connectivity index (χ1) is 27.1. The summed E-state index contributed by atoms with van der Waals surface area (Å²) in [6.07, 6.45) is 10.2. The molecule has 6 aliphatic heterocycles. The van der Waals surface area contributed by atoms with Crippen LogP contribution in [-0.2, 0) is 47.4 Å². The average Bonchev–Trinajstić information content (AvgIpc) is 3.92. The van der Waals surface area contributed by atoms with Crippen LogP contribution in [0.15, 0.2) is 0 Å². The highest BCUT2D eigenvalue weighted by molar-refractivity contribution is 5.10. The summed E-state index contributed by atoms with van der Waals surface area (Å²) in [5, 5.41) is 10.9. The number of ether oxygens (including phenoxy) is 10. The lowest BCUT2D eigenvalue weighted by molar-refractivity contribution is -0.399. The highest BCUT2D eigenvalue weighted by atomic mass is 16.9. The number of hydrogen-bond donors (Lipinski definition) is 4. The molecule has 0 aromatic rings. The molecule has 0 aromatic carbocycles. The molecule has 6 rings (SSSR count). The fourth-order valence-corrected chi connectivity index (χ4v) is 9.80. The molecule has 0 radical (unpaired) electrons. The summed E-state index contributed by atoms with van der Waals surface area (Å²) in [5.74, 6) is -5.73. The van der Waals surface area contributed by atoms with Gasteiger partial charge in [0.25, 0.3) is 0 Å². The van der Waals surface area contributed by atoms with E-state index in [2.05, 4.69) is 20.8 Å². The summed E-state index contributed by atoms with van der Waals surface area (Å²) in [4.78, 5) is 0. The molecular weight excluding hydrogens is 746 g/mol. The zero-order chi connectivity index (χ0) is 42.9. The number of rotatable bonds is 19. The normalized spacial score (nSPS) is 42.1. The number of hydrogen-bond acceptors (Lipinski definition) is 14. The van der Waals surface area contributed by atoms with E-state index in [1.165, 1.54) is 19.3 Å². The van der Waals surface area contributed by atoms with Crippen molar-refractivity contribution in [1.82, 2.24) is 0 Å². The Labute approximate surface area is 349 Å². The molecule has 340 valence electrons. The molecule has 6 fully saturated rings. The van der Waals surface area contributed by atoms with E-state index in [0.29, 0.717) is 19.3 Å². The lowest BCUT2D eigenvalue weighted by atomic mass is 9.94. The number of unbranched alkanes of at least 4 members (excludes halogenated alkanes) is 8. The SMILES string of the molecule is CCCCCCC[C@]1(O)O[C@H]([C@H](C)N)[C@@H]2OC(C)(C)O[C@@H]21.CCCCCC[C@]1(O[C@@]2(CCCC)O[C@H]([C@H](C)N)[C@@H]3OC(C)(C)O[C@@H]32)O[C@H]([C@H](C)N)[C@@H]2OC(C)(C)O[C@@H]21. The van der Waals surface area contributed by atoms with Crippen LogP contribution in [0.2, 0.25) is 0 Å². The first-order valence-corrected chi connectivity index (χ1v) is 22.9. The van der Waals surface area contributed by atoms with Gasteiger partial charge >= 0.3 is 0 Å². The summed E-state index contributed by atoms with van der Waals surface area (Å²) in [7, 11) is 0. The Morgan fingerprint density at radius 1 is 0.448 bits per heavy atom. The molecule has 6 aliphatic rings. The van der Waals surface area contributed by atoms with Gasteiger partial charge in [0.2, 0.25) is 11.6 Å². The molecule has 14 heteroatoms. The second kappa shape index (κ2) is 19.0. The van der Waals surface area contributed by atoms with Crippen molar-refractivity contribution < 1.29 is 52.5 Å². The van der Waals surface area contributed by atoms with Gasteiger partial charge in [-0.05, 0) is 81.6 Å². The minimum atomic E-state index is -1.27. The van der Waals surface area contributed by atoms with Gasteiger partial charge in [0.15, 0.2) is 23.1 Å². The van der Waals surface area contributed by atoms with Crippen LogP contribution in [0, 0.1) is 0 Å². The quantitative estimate of drug-likeness (QED) is 0.105. The Kier molecular flexibility index (Phi) is 15.9. The molecule has 0 amide bonds. The Hall–Kier alpha value is -0.560. The van der Waals surface area contributed by atoms with Crippen LogP contribution in [0.25, 0.3) is 0 Å². The van der Waals surface area contributed by atoms with Crippen molar-refractivity contribution in [3.8, 4) is 0 Å². The maximum absolute atomic E-state index is 10.9. The van der Waals surface area contributed by atoms with Gasteiger partial charge in [-0.25, -0.2) is 0 Å². The van der Waals surface area contributed by atoms with E-state index < -0.39 is 53.0 Å². The van der Waals surface area contributed by atoms with Crippen LogP contribution in [-0.4, -0.2) is 113 Å². The topological polar surface area (TPSA) is 191 Å². The van der Waals surface area contributed by atoms with Crippen LogP contribution in [0.4, 0.5) is 0 Å². The van der Waals surface area contributed by atoms with E-state index >= 15 is 0 Å². The molecule has 0 spiro atoms. The first-order valence-electron chi connectivity index (χ1n) is 22.9. The highest BCUT2D eigenvalue weighted by Crippen LogP contribution is 2.55. The molecule has 0 unspecified atom stereocenters. The van der Waals surface area contributed by atoms with Crippen molar-refractivity contribution in [3.05, 3.63) is 0 Å². The molecule has 15 atom stereocenters. The van der Waals surface area contributed by atoms with Gasteiger partial charge in [-0.2, -0.15) is 0 Å². The molecule has 6 saturated heterocycles. The minimum absolute atomic E-state index is 0.205. The van der Waals surface area contributed by atoms with Crippen molar-refractivity contribution in [2.45, 2.75) is 281 Å². The van der Waals surface area contributed by atoms with Gasteiger partial charge in [0.1, 0.15) is 54.9 Å².